The maximum absolute atomic E-state index is 11.9. The van der Waals surface area contributed by atoms with Crippen molar-refractivity contribution in [2.45, 2.75) is 206 Å². The number of rotatable bonds is 30. The average Bonchev–Trinajstić information content (AvgIpc) is 2.89. The van der Waals surface area contributed by atoms with E-state index < -0.39 is 0 Å². The Balaban J connectivity index is 0. The van der Waals surface area contributed by atoms with Crippen molar-refractivity contribution in [1.29, 1.82) is 0 Å². The summed E-state index contributed by atoms with van der Waals surface area (Å²) in [5, 5.41) is 0. The molecule has 0 atom stereocenters. The van der Waals surface area contributed by atoms with Crippen molar-refractivity contribution in [3.8, 4) is 0 Å². The van der Waals surface area contributed by atoms with Crippen LogP contribution in [0.2, 0.25) is 0 Å². The summed E-state index contributed by atoms with van der Waals surface area (Å²) < 4.78 is 5.00. The molecular weight excluding hydrogens is 594 g/mol. The molecule has 0 spiro atoms. The molecule has 0 aromatic carbocycles. The fourth-order valence-electron chi connectivity index (χ4n) is 5.16. The quantitative estimate of drug-likeness (QED) is 0.0333. The molecule has 0 bridgehead atoms. The standard InChI is InChI=1S/C34H66O3.Ba.2H/c1-3-5-7-9-11-13-15-17-18-20-22-24-26-28-30-32-34(36)37-33(35)31-29-27-25-23-21-19-16-14-12-10-8-6-4-2;;;/h3-32H2,1-2H3;;;. The van der Waals surface area contributed by atoms with Gasteiger partial charge in [-0.15, -0.1) is 0 Å². The molecule has 0 aromatic rings. The zero-order valence-electron chi connectivity index (χ0n) is 25.4. The summed E-state index contributed by atoms with van der Waals surface area (Å²) in [5.74, 6) is -0.650. The van der Waals surface area contributed by atoms with E-state index in [-0.39, 0.29) is 60.8 Å². The van der Waals surface area contributed by atoms with Crippen LogP contribution in [0, 0.1) is 0 Å². The van der Waals surface area contributed by atoms with Crippen LogP contribution < -0.4 is 0 Å². The fraction of sp³-hybridized carbons (Fsp3) is 0.941. The van der Waals surface area contributed by atoms with Crippen LogP contribution in [0.25, 0.3) is 0 Å². The zero-order valence-corrected chi connectivity index (χ0v) is 25.4. The zero-order chi connectivity index (χ0) is 27.1. The summed E-state index contributed by atoms with van der Waals surface area (Å²) >= 11 is 0. The van der Waals surface area contributed by atoms with E-state index in [0.29, 0.717) is 12.8 Å². The van der Waals surface area contributed by atoms with Gasteiger partial charge in [0.2, 0.25) is 0 Å². The van der Waals surface area contributed by atoms with E-state index in [9.17, 15) is 9.59 Å². The predicted octanol–water partition coefficient (Wildman–Crippen LogP) is 10.9. The summed E-state index contributed by atoms with van der Waals surface area (Å²) in [5.41, 5.74) is 0. The molecule has 4 heteroatoms. The third kappa shape index (κ3) is 34.7. The Morgan fingerprint density at radius 3 is 0.737 bits per heavy atom. The molecule has 0 heterocycles. The molecule has 224 valence electrons. The third-order valence-electron chi connectivity index (χ3n) is 7.70. The van der Waals surface area contributed by atoms with Crippen molar-refractivity contribution < 1.29 is 14.3 Å². The Hall–Kier alpha value is 0.711. The number of ether oxygens (including phenoxy) is 1. The van der Waals surface area contributed by atoms with Gasteiger partial charge in [-0.05, 0) is 12.8 Å². The van der Waals surface area contributed by atoms with Crippen molar-refractivity contribution in [3.63, 3.8) is 0 Å². The van der Waals surface area contributed by atoms with Crippen molar-refractivity contribution in [3.05, 3.63) is 0 Å². The molecule has 0 saturated heterocycles. The topological polar surface area (TPSA) is 43.4 Å². The van der Waals surface area contributed by atoms with Gasteiger partial charge in [0, 0.05) is 12.8 Å². The Labute approximate surface area is 279 Å². The molecule has 0 radical (unpaired) electrons. The van der Waals surface area contributed by atoms with E-state index in [4.69, 9.17) is 4.74 Å². The van der Waals surface area contributed by atoms with Crippen LogP contribution in [-0.2, 0) is 14.3 Å². The third-order valence-corrected chi connectivity index (χ3v) is 7.70. The molecule has 0 saturated carbocycles. The van der Waals surface area contributed by atoms with E-state index in [1.807, 2.05) is 0 Å². The van der Waals surface area contributed by atoms with Gasteiger partial charge in [-0.1, -0.05) is 181 Å². The summed E-state index contributed by atoms with van der Waals surface area (Å²) in [6.45, 7) is 4.55. The minimum atomic E-state index is -0.325. The first-order valence-corrected chi connectivity index (χ1v) is 16.9. The molecule has 0 rings (SSSR count). The number of unbranched alkanes of at least 4 members (excludes halogenated alkanes) is 26. The van der Waals surface area contributed by atoms with Crippen molar-refractivity contribution in [2.24, 2.45) is 0 Å². The SMILES string of the molecule is CCCCCCCCCCCCCCCCCC(=O)OC(=O)CCCCCCCCCCCCCCC.[BaH2]. The van der Waals surface area contributed by atoms with Crippen LogP contribution in [0.3, 0.4) is 0 Å². The number of carbonyl (C=O) groups excluding carboxylic acids is 2. The second kappa shape index (κ2) is 35.7. The van der Waals surface area contributed by atoms with Crippen LogP contribution >= 0.6 is 0 Å². The minimum absolute atomic E-state index is 0. The molecule has 3 nitrogen and oxygen atoms in total. The summed E-state index contributed by atoms with van der Waals surface area (Å²) in [6, 6.07) is 0. The Morgan fingerprint density at radius 1 is 0.342 bits per heavy atom. The molecular formula is C34H68BaO3. The Bertz CT molecular complexity index is 480. The average molecular weight is 662 g/mol. The normalized spacial score (nSPS) is 10.9. The van der Waals surface area contributed by atoms with Gasteiger partial charge in [0.1, 0.15) is 0 Å². The van der Waals surface area contributed by atoms with Crippen molar-refractivity contribution in [2.75, 3.05) is 0 Å². The molecule has 0 aliphatic rings. The number of esters is 2. The number of hydrogen-bond donors (Lipinski definition) is 0. The first-order chi connectivity index (χ1) is 18.2. The van der Waals surface area contributed by atoms with Crippen LogP contribution in [0.4, 0.5) is 0 Å². The van der Waals surface area contributed by atoms with Crippen molar-refractivity contribution in [1.82, 2.24) is 0 Å². The van der Waals surface area contributed by atoms with E-state index in [1.54, 1.807) is 0 Å². The van der Waals surface area contributed by atoms with E-state index in [1.165, 1.54) is 154 Å². The molecule has 0 aromatic heterocycles. The first kappa shape index (κ1) is 40.8. The molecule has 0 amide bonds. The number of hydrogen-bond acceptors (Lipinski definition) is 3. The first-order valence-electron chi connectivity index (χ1n) is 16.9. The molecule has 38 heavy (non-hydrogen) atoms. The molecule has 0 aliphatic carbocycles. The van der Waals surface area contributed by atoms with Gasteiger partial charge in [0.15, 0.2) is 0 Å². The Morgan fingerprint density at radius 2 is 0.526 bits per heavy atom. The van der Waals surface area contributed by atoms with Gasteiger partial charge in [-0.3, -0.25) is 9.59 Å². The summed E-state index contributed by atoms with van der Waals surface area (Å²) in [6.07, 6.45) is 37.2. The summed E-state index contributed by atoms with van der Waals surface area (Å²) in [7, 11) is 0. The maximum atomic E-state index is 11.9. The van der Waals surface area contributed by atoms with Gasteiger partial charge in [0.05, 0.1) is 0 Å². The van der Waals surface area contributed by atoms with Gasteiger partial charge in [-0.25, -0.2) is 0 Å². The van der Waals surface area contributed by atoms with Crippen LogP contribution in [0.1, 0.15) is 206 Å². The number of carbonyl (C=O) groups is 2. The summed E-state index contributed by atoms with van der Waals surface area (Å²) in [4.78, 5) is 23.8. The van der Waals surface area contributed by atoms with Crippen LogP contribution in [0.15, 0.2) is 0 Å². The molecule has 0 unspecified atom stereocenters. The van der Waals surface area contributed by atoms with Gasteiger partial charge in [0.25, 0.3) is 0 Å². The predicted molar refractivity (Wildman–Crippen MR) is 170 cm³/mol. The molecule has 0 N–H and O–H groups in total. The van der Waals surface area contributed by atoms with E-state index >= 15 is 0 Å². The molecule has 0 aliphatic heterocycles. The van der Waals surface area contributed by atoms with Crippen molar-refractivity contribution >= 4 is 60.8 Å². The fourth-order valence-corrected chi connectivity index (χ4v) is 5.16. The van der Waals surface area contributed by atoms with Gasteiger partial charge >= 0.3 is 60.8 Å². The second-order valence-corrected chi connectivity index (χ2v) is 11.5. The van der Waals surface area contributed by atoms with Crippen LogP contribution in [-0.4, -0.2) is 60.8 Å². The van der Waals surface area contributed by atoms with Crippen LogP contribution in [0.5, 0.6) is 0 Å². The Kier molecular flexibility index (Phi) is 38.4. The van der Waals surface area contributed by atoms with Gasteiger partial charge < -0.3 is 4.74 Å². The molecule has 0 fully saturated rings. The van der Waals surface area contributed by atoms with Gasteiger partial charge in [-0.2, -0.15) is 0 Å². The van der Waals surface area contributed by atoms with E-state index in [2.05, 4.69) is 13.8 Å². The monoisotopic (exact) mass is 662 g/mol. The van der Waals surface area contributed by atoms with E-state index in [0.717, 1.165) is 25.7 Å². The second-order valence-electron chi connectivity index (χ2n) is 11.5.